The molecule has 0 aliphatic carbocycles. The Kier molecular flexibility index (Phi) is 7.49. The standard InChI is InChI=1S/C12H25NOS/c1-13(8-4-2-3-5-10-15)11-12-7-6-9-14-12/h12,15H,2-11H2,1H3. The predicted molar refractivity (Wildman–Crippen MR) is 68.8 cm³/mol. The molecule has 1 fully saturated rings. The van der Waals surface area contributed by atoms with Crippen LogP contribution in [0.3, 0.4) is 0 Å². The van der Waals surface area contributed by atoms with Crippen LogP contribution in [0.25, 0.3) is 0 Å². The SMILES string of the molecule is CN(CCCCCCS)CC1CCCO1. The van der Waals surface area contributed by atoms with Gasteiger partial charge in [-0.25, -0.2) is 0 Å². The molecule has 0 N–H and O–H groups in total. The van der Waals surface area contributed by atoms with E-state index >= 15 is 0 Å². The molecule has 3 heteroatoms. The molecule has 1 rings (SSSR count). The van der Waals surface area contributed by atoms with E-state index in [1.165, 1.54) is 45.1 Å². The van der Waals surface area contributed by atoms with Crippen molar-refractivity contribution in [1.82, 2.24) is 4.90 Å². The lowest BCUT2D eigenvalue weighted by Gasteiger charge is -2.20. The fourth-order valence-electron chi connectivity index (χ4n) is 2.07. The first-order valence-corrected chi connectivity index (χ1v) is 6.87. The highest BCUT2D eigenvalue weighted by Gasteiger charge is 2.16. The van der Waals surface area contributed by atoms with Gasteiger partial charge in [0, 0.05) is 13.2 Å². The maximum absolute atomic E-state index is 5.62. The van der Waals surface area contributed by atoms with Crippen LogP contribution in [0.5, 0.6) is 0 Å². The van der Waals surface area contributed by atoms with Crippen LogP contribution in [-0.2, 0) is 4.74 Å². The second-order valence-corrected chi connectivity index (χ2v) is 4.98. The van der Waals surface area contributed by atoms with E-state index in [4.69, 9.17) is 4.74 Å². The zero-order chi connectivity index (χ0) is 10.9. The highest BCUT2D eigenvalue weighted by atomic mass is 32.1. The summed E-state index contributed by atoms with van der Waals surface area (Å²) in [7, 11) is 2.21. The Morgan fingerprint density at radius 3 is 2.73 bits per heavy atom. The third-order valence-corrected chi connectivity index (χ3v) is 3.30. The zero-order valence-corrected chi connectivity index (χ0v) is 10.8. The predicted octanol–water partition coefficient (Wildman–Crippen LogP) is 2.59. The molecule has 0 bridgehead atoms. The molecule has 1 aliphatic rings. The fraction of sp³-hybridized carbons (Fsp3) is 1.00. The Labute approximate surface area is 99.8 Å². The molecule has 15 heavy (non-hydrogen) atoms. The highest BCUT2D eigenvalue weighted by Crippen LogP contribution is 2.13. The Morgan fingerprint density at radius 2 is 2.07 bits per heavy atom. The second-order valence-electron chi connectivity index (χ2n) is 4.54. The van der Waals surface area contributed by atoms with Crippen molar-refractivity contribution in [2.45, 2.75) is 44.6 Å². The topological polar surface area (TPSA) is 12.5 Å². The number of hydrogen-bond donors (Lipinski definition) is 1. The molecule has 0 spiro atoms. The summed E-state index contributed by atoms with van der Waals surface area (Å²) in [5.74, 6) is 1.03. The van der Waals surface area contributed by atoms with Gasteiger partial charge in [0.25, 0.3) is 0 Å². The first-order chi connectivity index (χ1) is 7.33. The van der Waals surface area contributed by atoms with Crippen molar-refractivity contribution in [3.8, 4) is 0 Å². The van der Waals surface area contributed by atoms with Crippen molar-refractivity contribution < 1.29 is 4.74 Å². The van der Waals surface area contributed by atoms with Gasteiger partial charge in [0.2, 0.25) is 0 Å². The molecule has 0 aromatic heterocycles. The number of likely N-dealkylation sites (N-methyl/N-ethyl adjacent to an activating group) is 1. The van der Waals surface area contributed by atoms with Crippen LogP contribution in [0.15, 0.2) is 0 Å². The van der Waals surface area contributed by atoms with Crippen molar-refractivity contribution in [2.24, 2.45) is 0 Å². The average molecular weight is 231 g/mol. The normalized spacial score (nSPS) is 21.4. The van der Waals surface area contributed by atoms with Gasteiger partial charge >= 0.3 is 0 Å². The summed E-state index contributed by atoms with van der Waals surface area (Å²) in [6, 6.07) is 0. The molecule has 1 saturated heterocycles. The third-order valence-electron chi connectivity index (χ3n) is 2.99. The van der Waals surface area contributed by atoms with Gasteiger partial charge in [-0.2, -0.15) is 12.6 Å². The van der Waals surface area contributed by atoms with Gasteiger partial charge in [0.1, 0.15) is 0 Å². The summed E-state index contributed by atoms with van der Waals surface area (Å²) < 4.78 is 5.62. The average Bonchev–Trinajstić information content (AvgIpc) is 2.70. The second kappa shape index (κ2) is 8.43. The number of hydrogen-bond acceptors (Lipinski definition) is 3. The number of nitrogens with zero attached hydrogens (tertiary/aromatic N) is 1. The number of thiol groups is 1. The Hall–Kier alpha value is 0.270. The first-order valence-electron chi connectivity index (χ1n) is 6.24. The summed E-state index contributed by atoms with van der Waals surface area (Å²) in [5, 5.41) is 0. The molecule has 1 aliphatic heterocycles. The maximum Gasteiger partial charge on any atom is 0.0702 e. The third kappa shape index (κ3) is 6.44. The summed E-state index contributed by atoms with van der Waals surface area (Å²) in [4.78, 5) is 2.41. The van der Waals surface area contributed by atoms with Crippen LogP contribution in [0.4, 0.5) is 0 Å². The lowest BCUT2D eigenvalue weighted by molar-refractivity contribution is 0.0807. The van der Waals surface area contributed by atoms with Crippen LogP contribution in [0, 0.1) is 0 Å². The van der Waals surface area contributed by atoms with Gasteiger partial charge in [0.15, 0.2) is 0 Å². The van der Waals surface area contributed by atoms with E-state index in [9.17, 15) is 0 Å². The molecule has 1 heterocycles. The molecular formula is C12H25NOS. The molecule has 0 radical (unpaired) electrons. The summed E-state index contributed by atoms with van der Waals surface area (Å²) in [5.41, 5.74) is 0. The van der Waals surface area contributed by atoms with Crippen molar-refractivity contribution in [1.29, 1.82) is 0 Å². The van der Waals surface area contributed by atoms with Crippen LogP contribution in [-0.4, -0.2) is 43.5 Å². The quantitative estimate of drug-likeness (QED) is 0.509. The van der Waals surface area contributed by atoms with Crippen LogP contribution in [0.2, 0.25) is 0 Å². The Bertz CT molecular complexity index is 149. The summed E-state index contributed by atoms with van der Waals surface area (Å²) >= 11 is 4.21. The minimum absolute atomic E-state index is 0.507. The lowest BCUT2D eigenvalue weighted by atomic mass is 10.2. The minimum atomic E-state index is 0.507. The smallest absolute Gasteiger partial charge is 0.0702 e. The van der Waals surface area contributed by atoms with Crippen molar-refractivity contribution in [2.75, 3.05) is 32.5 Å². The molecular weight excluding hydrogens is 206 g/mol. The van der Waals surface area contributed by atoms with E-state index in [-0.39, 0.29) is 0 Å². The molecule has 0 aromatic carbocycles. The Balaban J connectivity index is 1.91. The maximum atomic E-state index is 5.62. The van der Waals surface area contributed by atoms with E-state index in [0.29, 0.717) is 6.10 Å². The monoisotopic (exact) mass is 231 g/mol. The van der Waals surface area contributed by atoms with Gasteiger partial charge in [-0.3, -0.25) is 0 Å². The molecule has 90 valence electrons. The molecule has 1 unspecified atom stereocenters. The highest BCUT2D eigenvalue weighted by molar-refractivity contribution is 7.80. The summed E-state index contributed by atoms with van der Waals surface area (Å²) in [6.45, 7) is 3.31. The van der Waals surface area contributed by atoms with Crippen molar-refractivity contribution in [3.63, 3.8) is 0 Å². The van der Waals surface area contributed by atoms with E-state index in [2.05, 4.69) is 24.6 Å². The molecule has 0 saturated carbocycles. The molecule has 1 atom stereocenters. The van der Waals surface area contributed by atoms with Gasteiger partial charge in [-0.1, -0.05) is 12.8 Å². The number of unbranched alkanes of at least 4 members (excludes halogenated alkanes) is 3. The van der Waals surface area contributed by atoms with Crippen molar-refractivity contribution in [3.05, 3.63) is 0 Å². The van der Waals surface area contributed by atoms with Gasteiger partial charge in [-0.15, -0.1) is 0 Å². The van der Waals surface area contributed by atoms with E-state index in [1.807, 2.05) is 0 Å². The molecule has 0 aromatic rings. The lowest BCUT2D eigenvalue weighted by Crippen LogP contribution is -2.29. The zero-order valence-electron chi connectivity index (χ0n) is 9.95. The molecule has 0 amide bonds. The first kappa shape index (κ1) is 13.3. The minimum Gasteiger partial charge on any atom is -0.377 e. The van der Waals surface area contributed by atoms with Crippen LogP contribution < -0.4 is 0 Å². The fourth-order valence-corrected chi connectivity index (χ4v) is 2.30. The number of rotatable bonds is 8. The van der Waals surface area contributed by atoms with Crippen LogP contribution in [0.1, 0.15) is 38.5 Å². The van der Waals surface area contributed by atoms with E-state index in [0.717, 1.165) is 18.9 Å². The largest absolute Gasteiger partial charge is 0.377 e. The Morgan fingerprint density at radius 1 is 1.27 bits per heavy atom. The number of ether oxygens (including phenoxy) is 1. The van der Waals surface area contributed by atoms with E-state index in [1.54, 1.807) is 0 Å². The van der Waals surface area contributed by atoms with Gasteiger partial charge in [0.05, 0.1) is 6.10 Å². The van der Waals surface area contributed by atoms with Crippen molar-refractivity contribution >= 4 is 12.6 Å². The van der Waals surface area contributed by atoms with Gasteiger partial charge in [-0.05, 0) is 45.0 Å². The summed E-state index contributed by atoms with van der Waals surface area (Å²) in [6.07, 6.45) is 8.26. The molecule has 2 nitrogen and oxygen atoms in total. The van der Waals surface area contributed by atoms with E-state index < -0.39 is 0 Å². The van der Waals surface area contributed by atoms with Gasteiger partial charge < -0.3 is 9.64 Å². The van der Waals surface area contributed by atoms with Crippen LogP contribution >= 0.6 is 12.6 Å².